The van der Waals surface area contributed by atoms with Crippen molar-refractivity contribution in [3.63, 3.8) is 0 Å². The number of rotatable bonds is 14. The van der Waals surface area contributed by atoms with Gasteiger partial charge in [-0.3, -0.25) is 0 Å². The smallest absolute Gasteiger partial charge is 0.0164 e. The lowest BCUT2D eigenvalue weighted by molar-refractivity contribution is 0.444. The third-order valence-corrected chi connectivity index (χ3v) is 4.15. The van der Waals surface area contributed by atoms with E-state index >= 15 is 0 Å². The van der Waals surface area contributed by atoms with E-state index in [4.69, 9.17) is 0 Å². The number of nitrogens with one attached hydrogen (secondary N) is 1. The monoisotopic (exact) mass is 281 g/mol. The molecule has 0 rings (SSSR count). The van der Waals surface area contributed by atoms with E-state index in [2.05, 4.69) is 39.1 Å². The molecule has 1 nitrogen and oxygen atoms in total. The van der Waals surface area contributed by atoms with Crippen LogP contribution in [0.5, 0.6) is 0 Å². The molecular formula is C19H39N. The minimum absolute atomic E-state index is 0.911. The standard InChI is InChI=1S/C19H39N/c1-5-8-10-13-18(4)14-12-16-20-17-19(7-3)15-11-9-6-2/h15,18,20H,5-14,16-17H2,1-4H3/b19-15+. The van der Waals surface area contributed by atoms with Gasteiger partial charge in [0, 0.05) is 6.54 Å². The zero-order chi connectivity index (χ0) is 15.1. The highest BCUT2D eigenvalue weighted by Gasteiger charge is 2.01. The van der Waals surface area contributed by atoms with Crippen LogP contribution in [-0.2, 0) is 0 Å². The molecule has 0 aromatic heterocycles. The molecule has 0 amide bonds. The molecule has 0 saturated carbocycles. The zero-order valence-electron chi connectivity index (χ0n) is 14.6. The van der Waals surface area contributed by atoms with Crippen LogP contribution in [0, 0.1) is 5.92 Å². The Hall–Kier alpha value is -0.300. The van der Waals surface area contributed by atoms with Gasteiger partial charge in [0.2, 0.25) is 0 Å². The Balaban J connectivity index is 3.51. The van der Waals surface area contributed by atoms with Gasteiger partial charge in [-0.25, -0.2) is 0 Å². The normalized spacial score (nSPS) is 13.7. The quantitative estimate of drug-likeness (QED) is 0.300. The van der Waals surface area contributed by atoms with Crippen molar-refractivity contribution in [3.8, 4) is 0 Å². The van der Waals surface area contributed by atoms with E-state index in [1.165, 1.54) is 70.8 Å². The van der Waals surface area contributed by atoms with Crippen molar-refractivity contribution < 1.29 is 0 Å². The maximum atomic E-state index is 3.62. The average molecular weight is 282 g/mol. The molecule has 120 valence electrons. The second-order valence-corrected chi connectivity index (χ2v) is 6.28. The van der Waals surface area contributed by atoms with Gasteiger partial charge in [0.05, 0.1) is 0 Å². The first-order valence-electron chi connectivity index (χ1n) is 9.13. The van der Waals surface area contributed by atoms with E-state index in [-0.39, 0.29) is 0 Å². The first-order chi connectivity index (χ1) is 9.74. The predicted molar refractivity (Wildman–Crippen MR) is 93.3 cm³/mol. The summed E-state index contributed by atoms with van der Waals surface area (Å²) in [5, 5.41) is 3.62. The van der Waals surface area contributed by atoms with E-state index in [1.54, 1.807) is 5.57 Å². The first-order valence-corrected chi connectivity index (χ1v) is 9.13. The fourth-order valence-corrected chi connectivity index (χ4v) is 2.56. The van der Waals surface area contributed by atoms with Crippen molar-refractivity contribution in [1.29, 1.82) is 0 Å². The fourth-order valence-electron chi connectivity index (χ4n) is 2.56. The molecule has 1 atom stereocenters. The molecule has 0 radical (unpaired) electrons. The molecule has 0 aromatic rings. The Morgan fingerprint density at radius 3 is 2.30 bits per heavy atom. The van der Waals surface area contributed by atoms with E-state index in [9.17, 15) is 0 Å². The lowest BCUT2D eigenvalue weighted by atomic mass is 9.98. The second kappa shape index (κ2) is 15.1. The minimum atomic E-state index is 0.911. The average Bonchev–Trinajstić information content (AvgIpc) is 2.45. The number of hydrogen-bond donors (Lipinski definition) is 1. The van der Waals surface area contributed by atoms with Crippen LogP contribution in [-0.4, -0.2) is 13.1 Å². The van der Waals surface area contributed by atoms with Crippen molar-refractivity contribution in [2.75, 3.05) is 13.1 Å². The molecule has 0 spiro atoms. The minimum Gasteiger partial charge on any atom is -0.313 e. The van der Waals surface area contributed by atoms with Crippen LogP contribution in [0.15, 0.2) is 11.6 Å². The largest absolute Gasteiger partial charge is 0.313 e. The molecule has 1 N–H and O–H groups in total. The predicted octanol–water partition coefficient (Wildman–Crippen LogP) is 6.10. The Morgan fingerprint density at radius 2 is 1.65 bits per heavy atom. The maximum Gasteiger partial charge on any atom is 0.0164 e. The summed E-state index contributed by atoms with van der Waals surface area (Å²) in [6.07, 6.45) is 15.9. The molecule has 0 aliphatic heterocycles. The van der Waals surface area contributed by atoms with Crippen LogP contribution in [0.1, 0.15) is 91.9 Å². The van der Waals surface area contributed by atoms with E-state index < -0.39 is 0 Å². The third kappa shape index (κ3) is 12.7. The molecule has 1 unspecified atom stereocenters. The first kappa shape index (κ1) is 19.7. The van der Waals surface area contributed by atoms with E-state index in [1.807, 2.05) is 0 Å². The van der Waals surface area contributed by atoms with Gasteiger partial charge in [-0.1, -0.05) is 77.9 Å². The number of hydrogen-bond acceptors (Lipinski definition) is 1. The maximum absolute atomic E-state index is 3.62. The molecule has 0 aliphatic rings. The number of allylic oxidation sites excluding steroid dienone is 1. The van der Waals surface area contributed by atoms with Gasteiger partial charge in [-0.05, 0) is 38.1 Å². The highest BCUT2D eigenvalue weighted by molar-refractivity contribution is 5.03. The molecule has 1 heteroatoms. The zero-order valence-corrected chi connectivity index (χ0v) is 14.6. The van der Waals surface area contributed by atoms with E-state index in [0.29, 0.717) is 0 Å². The summed E-state index contributed by atoms with van der Waals surface area (Å²) >= 11 is 0. The molecule has 0 aliphatic carbocycles. The Morgan fingerprint density at radius 1 is 0.950 bits per heavy atom. The van der Waals surface area contributed by atoms with Gasteiger partial charge >= 0.3 is 0 Å². The Kier molecular flexibility index (Phi) is 14.9. The second-order valence-electron chi connectivity index (χ2n) is 6.28. The van der Waals surface area contributed by atoms with Crippen molar-refractivity contribution >= 4 is 0 Å². The topological polar surface area (TPSA) is 12.0 Å². The van der Waals surface area contributed by atoms with Crippen molar-refractivity contribution in [2.45, 2.75) is 91.9 Å². The SMILES string of the molecule is CCCC/C=C(\CC)CNCCCC(C)CCCCC. The summed E-state index contributed by atoms with van der Waals surface area (Å²) < 4.78 is 0. The summed E-state index contributed by atoms with van der Waals surface area (Å²) in [5.41, 5.74) is 1.59. The highest BCUT2D eigenvalue weighted by atomic mass is 14.8. The van der Waals surface area contributed by atoms with Gasteiger partial charge in [0.15, 0.2) is 0 Å². The molecule has 0 aromatic carbocycles. The van der Waals surface area contributed by atoms with Crippen molar-refractivity contribution in [2.24, 2.45) is 5.92 Å². The fraction of sp³-hybridized carbons (Fsp3) is 0.895. The molecule has 20 heavy (non-hydrogen) atoms. The van der Waals surface area contributed by atoms with Crippen LogP contribution in [0.25, 0.3) is 0 Å². The van der Waals surface area contributed by atoms with Gasteiger partial charge in [-0.15, -0.1) is 0 Å². The van der Waals surface area contributed by atoms with Crippen LogP contribution in [0.3, 0.4) is 0 Å². The van der Waals surface area contributed by atoms with Crippen molar-refractivity contribution in [1.82, 2.24) is 5.32 Å². The lowest BCUT2D eigenvalue weighted by Crippen LogP contribution is -2.19. The van der Waals surface area contributed by atoms with Crippen molar-refractivity contribution in [3.05, 3.63) is 11.6 Å². The highest BCUT2D eigenvalue weighted by Crippen LogP contribution is 2.14. The molecule has 0 heterocycles. The van der Waals surface area contributed by atoms with Gasteiger partial charge in [-0.2, -0.15) is 0 Å². The van der Waals surface area contributed by atoms with Gasteiger partial charge < -0.3 is 5.32 Å². The van der Waals surface area contributed by atoms with Crippen LogP contribution in [0.2, 0.25) is 0 Å². The van der Waals surface area contributed by atoms with Gasteiger partial charge in [0.25, 0.3) is 0 Å². The molecular weight excluding hydrogens is 242 g/mol. The van der Waals surface area contributed by atoms with Gasteiger partial charge in [0.1, 0.15) is 0 Å². The van der Waals surface area contributed by atoms with Crippen LogP contribution < -0.4 is 5.32 Å². The summed E-state index contributed by atoms with van der Waals surface area (Å²) in [6, 6.07) is 0. The summed E-state index contributed by atoms with van der Waals surface area (Å²) in [7, 11) is 0. The molecule has 0 bridgehead atoms. The Bertz CT molecular complexity index is 220. The summed E-state index contributed by atoms with van der Waals surface area (Å²) in [5.74, 6) is 0.911. The summed E-state index contributed by atoms with van der Waals surface area (Å²) in [4.78, 5) is 0. The van der Waals surface area contributed by atoms with Crippen LogP contribution >= 0.6 is 0 Å². The Labute approximate surface area is 128 Å². The summed E-state index contributed by atoms with van der Waals surface area (Å²) in [6.45, 7) is 11.5. The van der Waals surface area contributed by atoms with Crippen LogP contribution in [0.4, 0.5) is 0 Å². The third-order valence-electron chi connectivity index (χ3n) is 4.15. The number of unbranched alkanes of at least 4 members (excludes halogenated alkanes) is 4. The molecule has 0 saturated heterocycles. The molecule has 0 fully saturated rings. The van der Waals surface area contributed by atoms with E-state index in [0.717, 1.165) is 12.5 Å². The lowest BCUT2D eigenvalue weighted by Gasteiger charge is -2.12.